The average Bonchev–Trinajstić information content (AvgIpc) is 2.51. The molecular weight excluding hydrogens is 180 g/mol. The molecule has 1 aromatic rings. The van der Waals surface area contributed by atoms with Gasteiger partial charge >= 0.3 is 0 Å². The molecule has 0 spiro atoms. The van der Waals surface area contributed by atoms with Gasteiger partial charge in [0.25, 0.3) is 0 Å². The molecule has 1 amide bonds. The molecule has 78 valence electrons. The molecule has 0 aromatic carbocycles. The van der Waals surface area contributed by atoms with Gasteiger partial charge in [0.05, 0.1) is 18.8 Å². The number of nitrogens with zero attached hydrogens (tertiary/aromatic N) is 2. The third kappa shape index (κ3) is 3.18. The molecule has 0 bridgehead atoms. The van der Waals surface area contributed by atoms with Crippen LogP contribution in [0.25, 0.3) is 0 Å². The van der Waals surface area contributed by atoms with Crippen LogP contribution in [0, 0.1) is 6.92 Å². The molecule has 5 nitrogen and oxygen atoms in total. The monoisotopic (exact) mass is 196 g/mol. The van der Waals surface area contributed by atoms with Crippen LogP contribution in [0.1, 0.15) is 12.5 Å². The van der Waals surface area contributed by atoms with Crippen molar-refractivity contribution in [2.45, 2.75) is 26.4 Å². The fourth-order valence-electron chi connectivity index (χ4n) is 1.04. The highest BCUT2D eigenvalue weighted by Gasteiger charge is 2.05. The van der Waals surface area contributed by atoms with E-state index in [4.69, 9.17) is 5.73 Å². The largest absolute Gasteiger partial charge is 0.353 e. The molecule has 0 saturated heterocycles. The second-order valence-corrected chi connectivity index (χ2v) is 3.36. The van der Waals surface area contributed by atoms with Crippen molar-refractivity contribution in [3.63, 3.8) is 0 Å². The molecule has 3 N–H and O–H groups in total. The second kappa shape index (κ2) is 4.76. The molecule has 0 unspecified atom stereocenters. The molecule has 1 rings (SSSR count). The number of nitrogens with one attached hydrogen (secondary N) is 1. The maximum Gasteiger partial charge on any atom is 0.236 e. The number of hydrogen-bond acceptors (Lipinski definition) is 3. The van der Waals surface area contributed by atoms with E-state index in [0.29, 0.717) is 13.1 Å². The molecule has 0 fully saturated rings. The molecule has 0 aliphatic heterocycles. The quantitative estimate of drug-likeness (QED) is 0.691. The number of aryl methyl sites for hydroxylation is 1. The van der Waals surface area contributed by atoms with E-state index in [1.165, 1.54) is 0 Å². The van der Waals surface area contributed by atoms with Gasteiger partial charge in [0, 0.05) is 12.7 Å². The van der Waals surface area contributed by atoms with Crippen molar-refractivity contribution >= 4 is 5.91 Å². The lowest BCUT2D eigenvalue weighted by Gasteiger charge is -2.07. The topological polar surface area (TPSA) is 72.9 Å². The first-order valence-corrected chi connectivity index (χ1v) is 4.62. The van der Waals surface area contributed by atoms with Gasteiger partial charge in [0.1, 0.15) is 0 Å². The molecular formula is C9H16N4O. The molecule has 1 aromatic heterocycles. The Balaban J connectivity index is 2.25. The number of carbonyl (C=O) groups excluding carboxylic acids is 1. The molecule has 14 heavy (non-hydrogen) atoms. The predicted molar refractivity (Wildman–Crippen MR) is 53.6 cm³/mol. The third-order valence-corrected chi connectivity index (χ3v) is 1.82. The fourth-order valence-corrected chi connectivity index (χ4v) is 1.04. The summed E-state index contributed by atoms with van der Waals surface area (Å²) in [5.41, 5.74) is 6.50. The Morgan fingerprint density at radius 3 is 3.00 bits per heavy atom. The average molecular weight is 196 g/mol. The molecule has 0 radical (unpaired) electrons. The molecule has 0 saturated carbocycles. The van der Waals surface area contributed by atoms with Crippen molar-refractivity contribution < 1.29 is 4.79 Å². The number of nitrogens with two attached hydrogens (primary N) is 1. The van der Waals surface area contributed by atoms with Gasteiger partial charge in [-0.1, -0.05) is 0 Å². The summed E-state index contributed by atoms with van der Waals surface area (Å²) in [5.74, 6) is -0.131. The Kier molecular flexibility index (Phi) is 3.64. The van der Waals surface area contributed by atoms with E-state index in [1.54, 1.807) is 17.8 Å². The normalized spacial score (nSPS) is 12.5. The van der Waals surface area contributed by atoms with E-state index < -0.39 is 6.04 Å². The summed E-state index contributed by atoms with van der Waals surface area (Å²) in [6, 6.07) is -0.450. The van der Waals surface area contributed by atoms with E-state index >= 15 is 0 Å². The van der Waals surface area contributed by atoms with Gasteiger partial charge in [-0.2, -0.15) is 5.10 Å². The third-order valence-electron chi connectivity index (χ3n) is 1.82. The van der Waals surface area contributed by atoms with Crippen LogP contribution in [0.2, 0.25) is 0 Å². The van der Waals surface area contributed by atoms with Crippen molar-refractivity contribution in [2.75, 3.05) is 6.54 Å². The smallest absolute Gasteiger partial charge is 0.236 e. The Morgan fingerprint density at radius 2 is 2.50 bits per heavy atom. The lowest BCUT2D eigenvalue weighted by Crippen LogP contribution is -2.39. The van der Waals surface area contributed by atoms with Crippen LogP contribution in [0.3, 0.4) is 0 Å². The van der Waals surface area contributed by atoms with Crippen molar-refractivity contribution in [1.82, 2.24) is 15.1 Å². The van der Waals surface area contributed by atoms with Crippen LogP contribution in [-0.4, -0.2) is 28.3 Å². The maximum atomic E-state index is 11.1. The van der Waals surface area contributed by atoms with E-state index in [2.05, 4.69) is 10.4 Å². The lowest BCUT2D eigenvalue weighted by molar-refractivity contribution is -0.122. The second-order valence-electron chi connectivity index (χ2n) is 3.36. The standard InChI is InChI=1S/C9H16N4O/c1-7-5-12-13(6-7)4-3-11-9(14)8(2)10/h5-6,8H,3-4,10H2,1-2H3,(H,11,14)/t8-/m1/s1. The number of rotatable bonds is 4. The minimum Gasteiger partial charge on any atom is -0.353 e. The van der Waals surface area contributed by atoms with Crippen LogP contribution in [0.5, 0.6) is 0 Å². The van der Waals surface area contributed by atoms with Crippen LogP contribution < -0.4 is 11.1 Å². The summed E-state index contributed by atoms with van der Waals surface area (Å²) in [5, 5.41) is 6.81. The van der Waals surface area contributed by atoms with Crippen LogP contribution >= 0.6 is 0 Å². The number of hydrogen-bond donors (Lipinski definition) is 2. The van der Waals surface area contributed by atoms with E-state index in [1.807, 2.05) is 13.1 Å². The Morgan fingerprint density at radius 1 is 1.79 bits per heavy atom. The van der Waals surface area contributed by atoms with Crippen LogP contribution in [-0.2, 0) is 11.3 Å². The SMILES string of the molecule is Cc1cnn(CCNC(=O)[C@@H](C)N)c1. The number of carbonyl (C=O) groups is 1. The van der Waals surface area contributed by atoms with Gasteiger partial charge in [-0.3, -0.25) is 9.48 Å². The fraction of sp³-hybridized carbons (Fsp3) is 0.556. The van der Waals surface area contributed by atoms with E-state index in [9.17, 15) is 4.79 Å². The van der Waals surface area contributed by atoms with E-state index in [-0.39, 0.29) is 5.91 Å². The van der Waals surface area contributed by atoms with Gasteiger partial charge in [-0.15, -0.1) is 0 Å². The zero-order valence-corrected chi connectivity index (χ0v) is 8.53. The Labute approximate surface area is 83.3 Å². The molecule has 5 heteroatoms. The first kappa shape index (κ1) is 10.7. The Bertz CT molecular complexity index is 306. The molecule has 1 atom stereocenters. The lowest BCUT2D eigenvalue weighted by atomic mass is 10.3. The molecule has 0 aliphatic carbocycles. The highest BCUT2D eigenvalue weighted by atomic mass is 16.2. The first-order chi connectivity index (χ1) is 6.59. The van der Waals surface area contributed by atoms with Gasteiger partial charge in [-0.25, -0.2) is 0 Å². The summed E-state index contributed by atoms with van der Waals surface area (Å²) >= 11 is 0. The zero-order chi connectivity index (χ0) is 10.6. The van der Waals surface area contributed by atoms with Crippen molar-refractivity contribution in [2.24, 2.45) is 5.73 Å². The van der Waals surface area contributed by atoms with Crippen molar-refractivity contribution in [3.8, 4) is 0 Å². The van der Waals surface area contributed by atoms with Gasteiger partial charge in [-0.05, 0) is 19.4 Å². The summed E-state index contributed by atoms with van der Waals surface area (Å²) in [6.07, 6.45) is 3.71. The van der Waals surface area contributed by atoms with Gasteiger partial charge < -0.3 is 11.1 Å². The maximum absolute atomic E-state index is 11.1. The summed E-state index contributed by atoms with van der Waals surface area (Å²) in [4.78, 5) is 11.1. The summed E-state index contributed by atoms with van der Waals surface area (Å²) < 4.78 is 1.79. The summed E-state index contributed by atoms with van der Waals surface area (Å²) in [7, 11) is 0. The summed E-state index contributed by atoms with van der Waals surface area (Å²) in [6.45, 7) is 4.87. The zero-order valence-electron chi connectivity index (χ0n) is 8.53. The van der Waals surface area contributed by atoms with Gasteiger partial charge in [0.2, 0.25) is 5.91 Å². The molecule has 0 aliphatic rings. The first-order valence-electron chi connectivity index (χ1n) is 4.62. The Hall–Kier alpha value is -1.36. The minimum absolute atomic E-state index is 0.131. The molecule has 1 heterocycles. The number of amides is 1. The van der Waals surface area contributed by atoms with Crippen molar-refractivity contribution in [3.05, 3.63) is 18.0 Å². The van der Waals surface area contributed by atoms with Crippen molar-refractivity contribution in [1.29, 1.82) is 0 Å². The highest BCUT2D eigenvalue weighted by Crippen LogP contribution is 1.92. The minimum atomic E-state index is -0.450. The van der Waals surface area contributed by atoms with Gasteiger partial charge in [0.15, 0.2) is 0 Å². The predicted octanol–water partition coefficient (Wildman–Crippen LogP) is -0.345. The number of aromatic nitrogens is 2. The van der Waals surface area contributed by atoms with E-state index in [0.717, 1.165) is 5.56 Å². The van der Waals surface area contributed by atoms with Crippen LogP contribution in [0.4, 0.5) is 0 Å². The van der Waals surface area contributed by atoms with Crippen LogP contribution in [0.15, 0.2) is 12.4 Å². The highest BCUT2D eigenvalue weighted by molar-refractivity contribution is 5.80.